The minimum Gasteiger partial charge on any atom is -0.486 e. The molecule has 2 N–H and O–H groups in total. The van der Waals surface area contributed by atoms with Crippen molar-refractivity contribution in [3.05, 3.63) is 53.6 Å². The lowest BCUT2D eigenvalue weighted by atomic mass is 10.00. The molecule has 0 spiro atoms. The number of aliphatic hydroxyl groups is 1. The molecule has 0 fully saturated rings. The number of rotatable bonds is 7. The summed E-state index contributed by atoms with van der Waals surface area (Å²) in [5.41, 5.74) is 2.68. The molecule has 0 saturated heterocycles. The molecule has 1 unspecified atom stereocenters. The molecule has 2 heterocycles. The van der Waals surface area contributed by atoms with Crippen LogP contribution in [0.1, 0.15) is 11.1 Å². The highest BCUT2D eigenvalue weighted by molar-refractivity contribution is 5.77. The number of carbonyl (C=O) groups is 1. The molecule has 4 rings (SSSR count). The van der Waals surface area contributed by atoms with Crippen molar-refractivity contribution in [2.45, 2.75) is 19.1 Å². The van der Waals surface area contributed by atoms with E-state index in [4.69, 9.17) is 14.2 Å². The number of aliphatic hydroxyl groups excluding tert-OH is 1. The fourth-order valence-corrected chi connectivity index (χ4v) is 3.66. The van der Waals surface area contributed by atoms with Crippen LogP contribution >= 0.6 is 0 Å². The van der Waals surface area contributed by atoms with Crippen LogP contribution in [0.15, 0.2) is 42.5 Å². The zero-order valence-electron chi connectivity index (χ0n) is 16.3. The first-order chi connectivity index (χ1) is 14.2. The maximum atomic E-state index is 12.1. The van der Waals surface area contributed by atoms with E-state index in [2.05, 4.69) is 28.4 Å². The van der Waals surface area contributed by atoms with Gasteiger partial charge in [0.2, 0.25) is 5.75 Å². The summed E-state index contributed by atoms with van der Waals surface area (Å²) in [6.45, 7) is 3.24. The van der Waals surface area contributed by atoms with E-state index in [0.29, 0.717) is 37.0 Å². The Kier molecular flexibility index (Phi) is 6.17. The van der Waals surface area contributed by atoms with Crippen LogP contribution in [0, 0.1) is 0 Å². The number of nitrogens with zero attached hydrogens (tertiary/aromatic N) is 1. The van der Waals surface area contributed by atoms with E-state index >= 15 is 0 Å². The number of benzene rings is 2. The van der Waals surface area contributed by atoms with E-state index < -0.39 is 6.10 Å². The highest BCUT2D eigenvalue weighted by Gasteiger charge is 2.20. The van der Waals surface area contributed by atoms with Crippen molar-refractivity contribution in [2.75, 3.05) is 39.5 Å². The number of amides is 1. The maximum absolute atomic E-state index is 12.1. The van der Waals surface area contributed by atoms with Crippen molar-refractivity contribution < 1.29 is 24.1 Å². The molecule has 2 aliphatic rings. The number of carbonyl (C=O) groups excluding carboxylic acids is 1. The van der Waals surface area contributed by atoms with Gasteiger partial charge in [-0.05, 0) is 29.7 Å². The van der Waals surface area contributed by atoms with Crippen LogP contribution in [-0.2, 0) is 17.8 Å². The van der Waals surface area contributed by atoms with Crippen molar-refractivity contribution in [1.29, 1.82) is 0 Å². The van der Waals surface area contributed by atoms with Gasteiger partial charge in [0.25, 0.3) is 5.91 Å². The number of β-amino-alcohol motifs (C(OH)–C–C–N with tert-alkyl or cyclic N) is 1. The van der Waals surface area contributed by atoms with Crippen LogP contribution in [0.5, 0.6) is 17.2 Å². The van der Waals surface area contributed by atoms with E-state index in [1.165, 1.54) is 11.1 Å². The molecule has 2 aromatic carbocycles. The van der Waals surface area contributed by atoms with Gasteiger partial charge in [-0.15, -0.1) is 0 Å². The van der Waals surface area contributed by atoms with Crippen LogP contribution in [0.2, 0.25) is 0 Å². The molecule has 154 valence electrons. The van der Waals surface area contributed by atoms with E-state index in [-0.39, 0.29) is 19.1 Å². The first-order valence-corrected chi connectivity index (χ1v) is 9.94. The third-order valence-corrected chi connectivity index (χ3v) is 5.10. The van der Waals surface area contributed by atoms with Gasteiger partial charge in [-0.3, -0.25) is 9.69 Å². The highest BCUT2D eigenvalue weighted by Crippen LogP contribution is 2.38. The van der Waals surface area contributed by atoms with Gasteiger partial charge < -0.3 is 24.6 Å². The van der Waals surface area contributed by atoms with E-state index in [9.17, 15) is 9.90 Å². The largest absolute Gasteiger partial charge is 0.486 e. The van der Waals surface area contributed by atoms with Crippen molar-refractivity contribution in [3.8, 4) is 17.2 Å². The third kappa shape index (κ3) is 4.99. The maximum Gasteiger partial charge on any atom is 0.258 e. The Bertz CT molecular complexity index is 857. The Morgan fingerprint density at radius 3 is 2.86 bits per heavy atom. The minimum absolute atomic E-state index is 0.149. The monoisotopic (exact) mass is 398 g/mol. The summed E-state index contributed by atoms with van der Waals surface area (Å²) in [5.74, 6) is 1.33. The predicted molar refractivity (Wildman–Crippen MR) is 107 cm³/mol. The second-order valence-corrected chi connectivity index (χ2v) is 7.28. The van der Waals surface area contributed by atoms with E-state index in [0.717, 1.165) is 19.5 Å². The summed E-state index contributed by atoms with van der Waals surface area (Å²) in [6, 6.07) is 13.7. The normalized spacial score (nSPS) is 16.6. The van der Waals surface area contributed by atoms with Gasteiger partial charge in [-0.2, -0.15) is 0 Å². The molecule has 2 aliphatic heterocycles. The molecule has 1 atom stereocenters. The van der Waals surface area contributed by atoms with Gasteiger partial charge in [0, 0.05) is 26.2 Å². The van der Waals surface area contributed by atoms with E-state index in [1.54, 1.807) is 18.2 Å². The standard InChI is InChI=1S/C22H26N2O5/c25-18(14-24-9-8-16-4-1-2-5-17(16)13-24)12-23-21(26)15-29-20-7-3-6-19-22(20)28-11-10-27-19/h1-7,18,25H,8-15H2,(H,23,26). The lowest BCUT2D eigenvalue weighted by Gasteiger charge is -2.30. The van der Waals surface area contributed by atoms with Gasteiger partial charge in [0.05, 0.1) is 6.10 Å². The Morgan fingerprint density at radius 2 is 1.97 bits per heavy atom. The van der Waals surface area contributed by atoms with Crippen molar-refractivity contribution in [2.24, 2.45) is 0 Å². The van der Waals surface area contributed by atoms with E-state index in [1.807, 2.05) is 6.07 Å². The average molecular weight is 398 g/mol. The summed E-state index contributed by atoms with van der Waals surface area (Å²) in [5, 5.41) is 13.0. The first-order valence-electron chi connectivity index (χ1n) is 9.94. The number of fused-ring (bicyclic) bond motifs is 2. The molecule has 0 radical (unpaired) electrons. The number of hydrogen-bond donors (Lipinski definition) is 2. The lowest BCUT2D eigenvalue weighted by Crippen LogP contribution is -2.42. The van der Waals surface area contributed by atoms with Gasteiger partial charge in [-0.1, -0.05) is 30.3 Å². The summed E-state index contributed by atoms with van der Waals surface area (Å²) in [4.78, 5) is 14.3. The molecule has 2 aromatic rings. The van der Waals surface area contributed by atoms with Gasteiger partial charge >= 0.3 is 0 Å². The first kappa shape index (κ1) is 19.5. The molecule has 0 aliphatic carbocycles. The topological polar surface area (TPSA) is 80.3 Å². The Balaban J connectivity index is 1.20. The number of hydrogen-bond acceptors (Lipinski definition) is 6. The fourth-order valence-electron chi connectivity index (χ4n) is 3.66. The SMILES string of the molecule is O=C(COc1cccc2c1OCCO2)NCC(O)CN1CCc2ccccc2C1. The number of para-hydroxylation sites is 1. The highest BCUT2D eigenvalue weighted by atomic mass is 16.6. The van der Waals surface area contributed by atoms with Gasteiger partial charge in [0.15, 0.2) is 18.1 Å². The smallest absolute Gasteiger partial charge is 0.258 e. The third-order valence-electron chi connectivity index (χ3n) is 5.10. The van der Waals surface area contributed by atoms with Gasteiger partial charge in [-0.25, -0.2) is 0 Å². The van der Waals surface area contributed by atoms with Crippen LogP contribution < -0.4 is 19.5 Å². The van der Waals surface area contributed by atoms with Gasteiger partial charge in [0.1, 0.15) is 13.2 Å². The minimum atomic E-state index is -0.634. The molecule has 7 heteroatoms. The molecule has 0 saturated carbocycles. The second kappa shape index (κ2) is 9.15. The zero-order chi connectivity index (χ0) is 20.1. The van der Waals surface area contributed by atoms with Crippen molar-refractivity contribution in [1.82, 2.24) is 10.2 Å². The Labute approximate surface area is 170 Å². The molecule has 29 heavy (non-hydrogen) atoms. The van der Waals surface area contributed by atoms with Crippen molar-refractivity contribution >= 4 is 5.91 Å². The second-order valence-electron chi connectivity index (χ2n) is 7.28. The summed E-state index contributed by atoms with van der Waals surface area (Å²) < 4.78 is 16.6. The Hall–Kier alpha value is -2.77. The summed E-state index contributed by atoms with van der Waals surface area (Å²) in [6.07, 6.45) is 0.349. The van der Waals surface area contributed by atoms with Crippen LogP contribution in [-0.4, -0.2) is 61.5 Å². The predicted octanol–water partition coefficient (Wildman–Crippen LogP) is 1.37. The summed E-state index contributed by atoms with van der Waals surface area (Å²) >= 11 is 0. The molecule has 0 bridgehead atoms. The molecular formula is C22H26N2O5. The Morgan fingerprint density at radius 1 is 1.14 bits per heavy atom. The number of nitrogens with one attached hydrogen (secondary N) is 1. The molecular weight excluding hydrogens is 372 g/mol. The average Bonchev–Trinajstić information content (AvgIpc) is 2.76. The molecule has 7 nitrogen and oxygen atoms in total. The zero-order valence-corrected chi connectivity index (χ0v) is 16.3. The summed E-state index contributed by atoms with van der Waals surface area (Å²) in [7, 11) is 0. The lowest BCUT2D eigenvalue weighted by molar-refractivity contribution is -0.123. The van der Waals surface area contributed by atoms with Crippen LogP contribution in [0.25, 0.3) is 0 Å². The molecule has 0 aromatic heterocycles. The fraction of sp³-hybridized carbons (Fsp3) is 0.409. The molecule has 1 amide bonds. The van der Waals surface area contributed by atoms with Crippen LogP contribution in [0.4, 0.5) is 0 Å². The number of ether oxygens (including phenoxy) is 3. The van der Waals surface area contributed by atoms with Crippen LogP contribution in [0.3, 0.4) is 0 Å². The van der Waals surface area contributed by atoms with Crippen molar-refractivity contribution in [3.63, 3.8) is 0 Å². The quantitative estimate of drug-likeness (QED) is 0.733.